The van der Waals surface area contributed by atoms with E-state index in [0.29, 0.717) is 0 Å². The number of hydrogen-bond acceptors (Lipinski definition) is 2. The van der Waals surface area contributed by atoms with Gasteiger partial charge in [0.05, 0.1) is 0 Å². The van der Waals surface area contributed by atoms with Crippen molar-refractivity contribution in [2.24, 2.45) is 0 Å². The molecule has 1 unspecified atom stereocenters. The molecule has 0 amide bonds. The largest absolute Gasteiger partial charge is 0.363 e. The summed E-state index contributed by atoms with van der Waals surface area (Å²) < 4.78 is 5.57. The molecule has 0 radical (unpaired) electrons. The highest BCUT2D eigenvalue weighted by Crippen LogP contribution is 2.13. The van der Waals surface area contributed by atoms with E-state index < -0.39 is 0 Å². The van der Waals surface area contributed by atoms with Crippen molar-refractivity contribution in [1.29, 1.82) is 0 Å². The van der Waals surface area contributed by atoms with Crippen LogP contribution in [0.5, 0.6) is 0 Å². The lowest BCUT2D eigenvalue weighted by molar-refractivity contribution is 0.00195. The van der Waals surface area contributed by atoms with Gasteiger partial charge in [-0.25, -0.2) is 0 Å². The van der Waals surface area contributed by atoms with Gasteiger partial charge in [-0.3, -0.25) is 5.32 Å². The minimum absolute atomic E-state index is 0. The van der Waals surface area contributed by atoms with E-state index in [9.17, 15) is 0 Å². The summed E-state index contributed by atoms with van der Waals surface area (Å²) in [6.45, 7) is 1.91. The predicted molar refractivity (Wildman–Crippen MR) is 64.8 cm³/mol. The lowest BCUT2D eigenvalue weighted by atomic mass is 10.1. The highest BCUT2D eigenvalue weighted by molar-refractivity contribution is 6.30. The van der Waals surface area contributed by atoms with Crippen LogP contribution in [-0.2, 0) is 11.2 Å². The van der Waals surface area contributed by atoms with E-state index in [0.717, 1.165) is 31.0 Å². The molecule has 0 aromatic heterocycles. The quantitative estimate of drug-likeness (QED) is 0.868. The van der Waals surface area contributed by atoms with E-state index >= 15 is 0 Å². The molecule has 1 aliphatic heterocycles. The van der Waals surface area contributed by atoms with Crippen LogP contribution in [0.25, 0.3) is 0 Å². The van der Waals surface area contributed by atoms with Gasteiger partial charge in [-0.15, -0.1) is 12.4 Å². The molecule has 1 aromatic rings. The van der Waals surface area contributed by atoms with Gasteiger partial charge >= 0.3 is 0 Å². The van der Waals surface area contributed by atoms with Crippen molar-refractivity contribution in [2.75, 3.05) is 13.2 Å². The van der Waals surface area contributed by atoms with E-state index in [1.165, 1.54) is 5.56 Å². The average Bonchev–Trinajstić information content (AvgIpc) is 2.19. The molecule has 1 saturated heterocycles. The van der Waals surface area contributed by atoms with Gasteiger partial charge in [-0.1, -0.05) is 23.7 Å². The number of nitrogens with one attached hydrogen (secondary N) is 1. The van der Waals surface area contributed by atoms with E-state index in [1.54, 1.807) is 0 Å². The molecule has 0 saturated carbocycles. The smallest absolute Gasteiger partial charge is 0.112 e. The fraction of sp³-hybridized carbons (Fsp3) is 0.455. The molecular weight excluding hydrogens is 233 g/mol. The van der Waals surface area contributed by atoms with Crippen LogP contribution in [0.15, 0.2) is 24.3 Å². The van der Waals surface area contributed by atoms with Crippen LogP contribution >= 0.6 is 24.0 Å². The van der Waals surface area contributed by atoms with Gasteiger partial charge in [0.15, 0.2) is 0 Å². The Hall–Kier alpha value is -0.280. The molecule has 1 aliphatic rings. The third-order valence-corrected chi connectivity index (χ3v) is 2.56. The second-order valence-electron chi connectivity index (χ2n) is 3.50. The maximum Gasteiger partial charge on any atom is 0.112 e. The zero-order chi connectivity index (χ0) is 9.80. The average molecular weight is 248 g/mol. The van der Waals surface area contributed by atoms with Crippen molar-refractivity contribution in [1.82, 2.24) is 5.32 Å². The number of halogens is 2. The van der Waals surface area contributed by atoms with E-state index in [4.69, 9.17) is 16.3 Å². The third-order valence-electron chi connectivity index (χ3n) is 2.32. The van der Waals surface area contributed by atoms with Gasteiger partial charge in [0, 0.05) is 18.1 Å². The van der Waals surface area contributed by atoms with Gasteiger partial charge in [-0.05, 0) is 30.7 Å². The Morgan fingerprint density at radius 2 is 2.33 bits per heavy atom. The summed E-state index contributed by atoms with van der Waals surface area (Å²) in [4.78, 5) is 0. The summed E-state index contributed by atoms with van der Waals surface area (Å²) in [5.74, 6) is 0. The third kappa shape index (κ3) is 3.99. The van der Waals surface area contributed by atoms with Crippen molar-refractivity contribution in [3.05, 3.63) is 34.9 Å². The molecule has 1 aromatic carbocycles. The molecule has 0 bridgehead atoms. The number of ether oxygens (including phenoxy) is 1. The first-order valence-corrected chi connectivity index (χ1v) is 5.32. The van der Waals surface area contributed by atoms with Crippen molar-refractivity contribution < 1.29 is 4.74 Å². The molecular formula is C11H15Cl2NO. The Bertz CT molecular complexity index is 300. The highest BCUT2D eigenvalue weighted by Gasteiger charge is 2.12. The SMILES string of the molecule is Cl.Clc1cccc(CC2NCCCO2)c1. The Kier molecular flexibility index (Phi) is 5.40. The molecule has 1 atom stereocenters. The van der Waals surface area contributed by atoms with Gasteiger partial charge in [0.1, 0.15) is 6.23 Å². The lowest BCUT2D eigenvalue weighted by Crippen LogP contribution is -2.39. The zero-order valence-electron chi connectivity index (χ0n) is 8.41. The van der Waals surface area contributed by atoms with Crippen molar-refractivity contribution in [3.8, 4) is 0 Å². The van der Waals surface area contributed by atoms with Crippen LogP contribution in [0, 0.1) is 0 Å². The molecule has 84 valence electrons. The van der Waals surface area contributed by atoms with Crippen LogP contribution in [0.4, 0.5) is 0 Å². The summed E-state index contributed by atoms with van der Waals surface area (Å²) in [6.07, 6.45) is 2.15. The van der Waals surface area contributed by atoms with E-state index in [1.807, 2.05) is 18.2 Å². The molecule has 1 fully saturated rings. The first-order valence-electron chi connectivity index (χ1n) is 4.94. The first kappa shape index (κ1) is 12.8. The van der Waals surface area contributed by atoms with Crippen LogP contribution < -0.4 is 5.32 Å². The van der Waals surface area contributed by atoms with Crippen LogP contribution in [0.2, 0.25) is 5.02 Å². The Balaban J connectivity index is 0.00000112. The molecule has 1 heterocycles. The Labute approximate surface area is 101 Å². The second-order valence-corrected chi connectivity index (χ2v) is 3.94. The predicted octanol–water partition coefficient (Wildman–Crippen LogP) is 2.64. The Morgan fingerprint density at radius 1 is 1.47 bits per heavy atom. The minimum atomic E-state index is 0. The maximum atomic E-state index is 5.90. The monoisotopic (exact) mass is 247 g/mol. The molecule has 0 spiro atoms. The molecule has 15 heavy (non-hydrogen) atoms. The van der Waals surface area contributed by atoms with Gasteiger partial charge < -0.3 is 4.74 Å². The lowest BCUT2D eigenvalue weighted by Gasteiger charge is -2.24. The molecule has 0 aliphatic carbocycles. The van der Waals surface area contributed by atoms with Crippen LogP contribution in [0.3, 0.4) is 0 Å². The minimum Gasteiger partial charge on any atom is -0.363 e. The summed E-state index contributed by atoms with van der Waals surface area (Å²) in [7, 11) is 0. The summed E-state index contributed by atoms with van der Waals surface area (Å²) >= 11 is 5.90. The van der Waals surface area contributed by atoms with E-state index in [2.05, 4.69) is 11.4 Å². The van der Waals surface area contributed by atoms with Crippen molar-refractivity contribution in [3.63, 3.8) is 0 Å². The summed E-state index contributed by atoms with van der Waals surface area (Å²) in [6, 6.07) is 7.92. The number of benzene rings is 1. The van der Waals surface area contributed by atoms with Gasteiger partial charge in [0.2, 0.25) is 0 Å². The van der Waals surface area contributed by atoms with Gasteiger partial charge in [-0.2, -0.15) is 0 Å². The molecule has 2 nitrogen and oxygen atoms in total. The Morgan fingerprint density at radius 3 is 3.00 bits per heavy atom. The van der Waals surface area contributed by atoms with Crippen LogP contribution in [-0.4, -0.2) is 19.4 Å². The standard InChI is InChI=1S/C11H14ClNO.ClH/c12-10-4-1-3-9(7-10)8-11-13-5-2-6-14-11;/h1,3-4,7,11,13H,2,5-6,8H2;1H. The van der Waals surface area contributed by atoms with Crippen molar-refractivity contribution in [2.45, 2.75) is 19.1 Å². The second kappa shape index (κ2) is 6.33. The first-order chi connectivity index (χ1) is 6.84. The van der Waals surface area contributed by atoms with Crippen LogP contribution in [0.1, 0.15) is 12.0 Å². The fourth-order valence-electron chi connectivity index (χ4n) is 1.63. The van der Waals surface area contributed by atoms with Crippen molar-refractivity contribution >= 4 is 24.0 Å². The van der Waals surface area contributed by atoms with E-state index in [-0.39, 0.29) is 18.6 Å². The zero-order valence-corrected chi connectivity index (χ0v) is 9.98. The summed E-state index contributed by atoms with van der Waals surface area (Å²) in [5, 5.41) is 4.11. The summed E-state index contributed by atoms with van der Waals surface area (Å²) in [5.41, 5.74) is 1.22. The number of hydrogen-bond donors (Lipinski definition) is 1. The number of rotatable bonds is 2. The fourth-order valence-corrected chi connectivity index (χ4v) is 1.84. The topological polar surface area (TPSA) is 21.3 Å². The highest BCUT2D eigenvalue weighted by atomic mass is 35.5. The van der Waals surface area contributed by atoms with Gasteiger partial charge in [0.25, 0.3) is 0 Å². The molecule has 1 N–H and O–H groups in total. The molecule has 4 heteroatoms. The molecule has 2 rings (SSSR count). The maximum absolute atomic E-state index is 5.90. The normalized spacial score (nSPS) is 20.7.